The second kappa shape index (κ2) is 9.04. The van der Waals surface area contributed by atoms with Crippen molar-refractivity contribution in [3.05, 3.63) is 23.8 Å². The van der Waals surface area contributed by atoms with Crippen molar-refractivity contribution in [3.63, 3.8) is 0 Å². The first kappa shape index (κ1) is 14.8. The molecule has 0 aliphatic heterocycles. The van der Waals surface area contributed by atoms with E-state index in [9.17, 15) is 9.59 Å². The second-order valence-corrected chi connectivity index (χ2v) is 3.66. The summed E-state index contributed by atoms with van der Waals surface area (Å²) in [7, 11) is 0. The number of hydrogen-bond donors (Lipinski definition) is 1. The molecule has 0 saturated carbocycles. The number of aliphatic hydroxyl groups is 1. The molecule has 0 bridgehead atoms. The fourth-order valence-electron chi connectivity index (χ4n) is 1.33. The minimum absolute atomic E-state index is 0.0606. The van der Waals surface area contributed by atoms with E-state index in [4.69, 9.17) is 5.11 Å². The van der Waals surface area contributed by atoms with Gasteiger partial charge in [0.25, 0.3) is 0 Å². The zero-order valence-corrected chi connectivity index (χ0v) is 10.0. The summed E-state index contributed by atoms with van der Waals surface area (Å²) in [6.07, 6.45) is 7.42. The van der Waals surface area contributed by atoms with E-state index in [1.165, 1.54) is 0 Å². The number of rotatable bonds is 8. The molecule has 3 heteroatoms. The normalized spacial score (nSPS) is 12.1. The predicted molar refractivity (Wildman–Crippen MR) is 64.1 cm³/mol. The quantitative estimate of drug-likeness (QED) is 0.390. The Morgan fingerprint density at radius 3 is 2.31 bits per heavy atom. The average Bonchev–Trinajstić information content (AvgIpc) is 2.25. The van der Waals surface area contributed by atoms with Crippen molar-refractivity contribution in [2.75, 3.05) is 6.61 Å². The summed E-state index contributed by atoms with van der Waals surface area (Å²) in [5, 5.41) is 8.60. The van der Waals surface area contributed by atoms with Crippen LogP contribution in [0.1, 0.15) is 39.5 Å². The standard InChI is InChI=1S/C13H20O3/c1-3-12(8-6-10-14)13(16)9-5-4-7-11(2)15/h3,6,8,14H,4-5,7,9-10H2,1-2H3/b8-6-,12-3+. The van der Waals surface area contributed by atoms with Crippen LogP contribution in [-0.4, -0.2) is 23.3 Å². The van der Waals surface area contributed by atoms with Crippen LogP contribution in [0.2, 0.25) is 0 Å². The van der Waals surface area contributed by atoms with Gasteiger partial charge in [0.2, 0.25) is 0 Å². The maximum Gasteiger partial charge on any atom is 0.162 e. The Bertz CT molecular complexity index is 288. The van der Waals surface area contributed by atoms with Crippen LogP contribution in [0.4, 0.5) is 0 Å². The lowest BCUT2D eigenvalue weighted by Gasteiger charge is -2.00. The van der Waals surface area contributed by atoms with Gasteiger partial charge in [-0.05, 0) is 26.7 Å². The summed E-state index contributed by atoms with van der Waals surface area (Å²) in [6.45, 7) is 3.29. The molecule has 0 fully saturated rings. The summed E-state index contributed by atoms with van der Waals surface area (Å²) in [5.41, 5.74) is 0.622. The predicted octanol–water partition coefficient (Wildman–Crippen LogP) is 2.20. The lowest BCUT2D eigenvalue weighted by atomic mass is 10.0. The SMILES string of the molecule is C/C=C(\C=C/CO)C(=O)CCCCC(C)=O. The highest BCUT2D eigenvalue weighted by atomic mass is 16.2. The molecule has 0 spiro atoms. The summed E-state index contributed by atoms with van der Waals surface area (Å²) in [5.74, 6) is 0.231. The van der Waals surface area contributed by atoms with Gasteiger partial charge in [0.15, 0.2) is 5.78 Å². The van der Waals surface area contributed by atoms with Gasteiger partial charge in [-0.2, -0.15) is 0 Å². The van der Waals surface area contributed by atoms with Crippen molar-refractivity contribution < 1.29 is 14.7 Å². The molecule has 0 atom stereocenters. The fourth-order valence-corrected chi connectivity index (χ4v) is 1.33. The number of ketones is 2. The Labute approximate surface area is 96.9 Å². The lowest BCUT2D eigenvalue weighted by Crippen LogP contribution is -2.01. The van der Waals surface area contributed by atoms with Crippen molar-refractivity contribution in [2.45, 2.75) is 39.5 Å². The molecule has 0 aromatic heterocycles. The Kier molecular flexibility index (Phi) is 8.35. The molecule has 0 heterocycles. The first-order valence-electron chi connectivity index (χ1n) is 5.58. The number of Topliss-reactive ketones (excluding diaryl/α,β-unsaturated/α-hetero) is 2. The number of aliphatic hydroxyl groups excluding tert-OH is 1. The minimum Gasteiger partial charge on any atom is -0.392 e. The van der Waals surface area contributed by atoms with Crippen LogP contribution < -0.4 is 0 Å². The van der Waals surface area contributed by atoms with Gasteiger partial charge in [0.05, 0.1) is 6.61 Å². The van der Waals surface area contributed by atoms with E-state index >= 15 is 0 Å². The number of carbonyl (C=O) groups excluding carboxylic acids is 2. The number of carbonyl (C=O) groups is 2. The Morgan fingerprint density at radius 2 is 1.81 bits per heavy atom. The Morgan fingerprint density at radius 1 is 1.19 bits per heavy atom. The minimum atomic E-state index is -0.0606. The van der Waals surface area contributed by atoms with Gasteiger partial charge in [0, 0.05) is 18.4 Å². The summed E-state index contributed by atoms with van der Waals surface area (Å²) >= 11 is 0. The third kappa shape index (κ3) is 7.12. The summed E-state index contributed by atoms with van der Waals surface area (Å²) < 4.78 is 0. The van der Waals surface area contributed by atoms with E-state index in [-0.39, 0.29) is 18.2 Å². The third-order valence-electron chi connectivity index (χ3n) is 2.22. The van der Waals surface area contributed by atoms with E-state index in [0.717, 1.165) is 12.8 Å². The van der Waals surface area contributed by atoms with E-state index in [0.29, 0.717) is 18.4 Å². The number of allylic oxidation sites excluding steroid dienone is 3. The van der Waals surface area contributed by atoms with Gasteiger partial charge in [-0.3, -0.25) is 4.79 Å². The van der Waals surface area contributed by atoms with Crippen molar-refractivity contribution >= 4 is 11.6 Å². The van der Waals surface area contributed by atoms with Crippen LogP contribution in [0.15, 0.2) is 23.8 Å². The van der Waals surface area contributed by atoms with Crippen LogP contribution in [-0.2, 0) is 9.59 Å². The maximum absolute atomic E-state index is 11.6. The lowest BCUT2D eigenvalue weighted by molar-refractivity contribution is -0.118. The van der Waals surface area contributed by atoms with E-state index < -0.39 is 0 Å². The molecule has 0 aliphatic carbocycles. The topological polar surface area (TPSA) is 54.4 Å². The average molecular weight is 224 g/mol. The van der Waals surface area contributed by atoms with E-state index in [1.54, 1.807) is 32.1 Å². The second-order valence-electron chi connectivity index (χ2n) is 3.66. The first-order valence-corrected chi connectivity index (χ1v) is 5.58. The van der Waals surface area contributed by atoms with Crippen molar-refractivity contribution in [3.8, 4) is 0 Å². The van der Waals surface area contributed by atoms with Crippen molar-refractivity contribution in [1.82, 2.24) is 0 Å². The number of hydrogen-bond acceptors (Lipinski definition) is 3. The van der Waals surface area contributed by atoms with Crippen LogP contribution >= 0.6 is 0 Å². The molecule has 0 aromatic carbocycles. The van der Waals surface area contributed by atoms with Crippen LogP contribution in [0.3, 0.4) is 0 Å². The monoisotopic (exact) mass is 224 g/mol. The van der Waals surface area contributed by atoms with E-state index in [1.807, 2.05) is 0 Å². The van der Waals surface area contributed by atoms with Crippen LogP contribution in [0.5, 0.6) is 0 Å². The molecule has 1 N–H and O–H groups in total. The third-order valence-corrected chi connectivity index (χ3v) is 2.22. The zero-order chi connectivity index (χ0) is 12.4. The fraction of sp³-hybridized carbons (Fsp3) is 0.538. The van der Waals surface area contributed by atoms with Gasteiger partial charge in [-0.1, -0.05) is 18.2 Å². The van der Waals surface area contributed by atoms with Gasteiger partial charge in [-0.15, -0.1) is 0 Å². The molecule has 0 saturated heterocycles. The molecular weight excluding hydrogens is 204 g/mol. The molecule has 3 nitrogen and oxygen atoms in total. The Hall–Kier alpha value is -1.22. The Balaban J connectivity index is 3.95. The van der Waals surface area contributed by atoms with Crippen molar-refractivity contribution in [2.24, 2.45) is 0 Å². The largest absolute Gasteiger partial charge is 0.392 e. The van der Waals surface area contributed by atoms with Gasteiger partial charge in [-0.25, -0.2) is 0 Å². The highest BCUT2D eigenvalue weighted by molar-refractivity contribution is 5.97. The van der Waals surface area contributed by atoms with Gasteiger partial charge >= 0.3 is 0 Å². The first-order chi connectivity index (χ1) is 7.61. The summed E-state index contributed by atoms with van der Waals surface area (Å²) in [6, 6.07) is 0. The van der Waals surface area contributed by atoms with Crippen molar-refractivity contribution in [1.29, 1.82) is 0 Å². The highest BCUT2D eigenvalue weighted by Crippen LogP contribution is 2.08. The molecule has 0 radical (unpaired) electrons. The molecule has 0 amide bonds. The molecule has 0 aromatic rings. The van der Waals surface area contributed by atoms with E-state index in [2.05, 4.69) is 0 Å². The zero-order valence-electron chi connectivity index (χ0n) is 10.0. The molecule has 16 heavy (non-hydrogen) atoms. The molecule has 0 rings (SSSR count). The maximum atomic E-state index is 11.6. The van der Waals surface area contributed by atoms with Crippen LogP contribution in [0.25, 0.3) is 0 Å². The van der Waals surface area contributed by atoms with Crippen LogP contribution in [0, 0.1) is 0 Å². The van der Waals surface area contributed by atoms with Gasteiger partial charge in [0.1, 0.15) is 5.78 Å². The smallest absolute Gasteiger partial charge is 0.162 e. The molecule has 90 valence electrons. The molecular formula is C13H20O3. The highest BCUT2D eigenvalue weighted by Gasteiger charge is 2.05. The molecule has 0 aliphatic rings. The number of unbranched alkanes of at least 4 members (excludes halogenated alkanes) is 1. The van der Waals surface area contributed by atoms with Gasteiger partial charge < -0.3 is 9.90 Å². The molecule has 0 unspecified atom stereocenters. The summed E-state index contributed by atoms with van der Waals surface area (Å²) in [4.78, 5) is 22.3.